The van der Waals surface area contributed by atoms with E-state index in [1.807, 2.05) is 73.8 Å². The largest absolute Gasteiger partial charge is 0.452 e. The molecule has 1 amide bonds. The number of rotatable bonds is 4. The van der Waals surface area contributed by atoms with Crippen LogP contribution in [0.1, 0.15) is 25.3 Å². The Balaban J connectivity index is 1.75. The lowest BCUT2D eigenvalue weighted by Gasteiger charge is -2.30. The number of carbonyl (C=O) groups excluding carboxylic acids is 1. The Bertz CT molecular complexity index is 1410. The fourth-order valence-electron chi connectivity index (χ4n) is 4.02. The summed E-state index contributed by atoms with van der Waals surface area (Å²) < 4.78 is 8.84. The number of furan rings is 1. The summed E-state index contributed by atoms with van der Waals surface area (Å²) in [5.74, 6) is 1.08. The standard InChI is InChI=1S/C24H19BrN4O3S/c1-3-20(30)28-17-7-5-4-6-16(17)21-22(31)26-24(33-2)27-29(21)23(28)19-13-12-18(32-19)14-8-10-15(25)11-9-14/h4-13,23H,3H2,1-2H3/p+1. The molecule has 33 heavy (non-hydrogen) atoms. The van der Waals surface area contributed by atoms with Gasteiger partial charge in [0, 0.05) is 21.6 Å². The van der Waals surface area contributed by atoms with Gasteiger partial charge in [-0.3, -0.25) is 14.6 Å². The third kappa shape index (κ3) is 3.71. The normalized spacial score (nSPS) is 14.6. The second kappa shape index (κ2) is 8.64. The Hall–Kier alpha value is -3.17. The van der Waals surface area contributed by atoms with Crippen LogP contribution < -0.4 is 15.1 Å². The molecule has 0 spiro atoms. The number of aromatic amines is 1. The number of anilines is 1. The van der Waals surface area contributed by atoms with Crippen molar-refractivity contribution in [2.75, 3.05) is 11.2 Å². The van der Waals surface area contributed by atoms with E-state index in [4.69, 9.17) is 4.42 Å². The van der Waals surface area contributed by atoms with E-state index in [1.54, 1.807) is 9.58 Å². The number of H-pyrrole nitrogens is 1. The molecule has 2 aromatic heterocycles. The van der Waals surface area contributed by atoms with Crippen molar-refractivity contribution in [3.8, 4) is 22.6 Å². The predicted octanol–water partition coefficient (Wildman–Crippen LogP) is 4.77. The summed E-state index contributed by atoms with van der Waals surface area (Å²) in [5, 5.41) is 5.13. The predicted molar refractivity (Wildman–Crippen MR) is 130 cm³/mol. The maximum Gasteiger partial charge on any atom is 0.325 e. The van der Waals surface area contributed by atoms with Gasteiger partial charge < -0.3 is 4.42 Å². The number of halogens is 1. The number of amides is 1. The van der Waals surface area contributed by atoms with Crippen LogP contribution in [0, 0.1) is 0 Å². The zero-order valence-corrected chi connectivity index (χ0v) is 20.3. The zero-order valence-electron chi connectivity index (χ0n) is 17.9. The average molecular weight is 524 g/mol. The van der Waals surface area contributed by atoms with E-state index in [-0.39, 0.29) is 11.5 Å². The minimum absolute atomic E-state index is 0.0972. The number of benzene rings is 2. The lowest BCUT2D eigenvalue weighted by Crippen LogP contribution is -2.60. The zero-order chi connectivity index (χ0) is 23.1. The summed E-state index contributed by atoms with van der Waals surface area (Å²) in [6.07, 6.45) is 1.39. The Labute approximate surface area is 202 Å². The number of thioether (sulfide) groups is 1. The molecule has 2 aromatic carbocycles. The molecule has 0 saturated heterocycles. The van der Waals surface area contributed by atoms with Crippen molar-refractivity contribution in [2.24, 2.45) is 0 Å². The Morgan fingerprint density at radius 1 is 1.18 bits per heavy atom. The number of hydrogen-bond donors (Lipinski definition) is 1. The number of carbonyl (C=O) groups is 1. The van der Waals surface area contributed by atoms with E-state index in [1.165, 1.54) is 11.8 Å². The van der Waals surface area contributed by atoms with Gasteiger partial charge in [-0.25, -0.2) is 4.90 Å². The smallest absolute Gasteiger partial charge is 0.325 e. The molecule has 4 aromatic rings. The third-order valence-electron chi connectivity index (χ3n) is 5.53. The fraction of sp³-hybridized carbons (Fsp3) is 0.167. The van der Waals surface area contributed by atoms with Crippen molar-refractivity contribution in [1.82, 2.24) is 10.1 Å². The van der Waals surface area contributed by atoms with Crippen molar-refractivity contribution in [2.45, 2.75) is 24.7 Å². The molecule has 0 saturated carbocycles. The van der Waals surface area contributed by atoms with Crippen LogP contribution in [0.2, 0.25) is 0 Å². The van der Waals surface area contributed by atoms with Gasteiger partial charge in [0.2, 0.25) is 11.1 Å². The van der Waals surface area contributed by atoms with E-state index in [2.05, 4.69) is 26.0 Å². The highest BCUT2D eigenvalue weighted by molar-refractivity contribution is 9.10. The number of nitrogens with zero attached hydrogens (tertiary/aromatic N) is 3. The molecule has 1 unspecified atom stereocenters. The van der Waals surface area contributed by atoms with Gasteiger partial charge in [-0.05, 0) is 47.3 Å². The topological polar surface area (TPSA) is 83.1 Å². The van der Waals surface area contributed by atoms with Gasteiger partial charge in [0.15, 0.2) is 5.76 Å². The maximum absolute atomic E-state index is 13.2. The first-order chi connectivity index (χ1) is 16.0. The SMILES string of the molecule is CCC(=O)N1c2ccccc2-c2c(=O)[nH]c(SC)n[n+]2C1c1ccc(-c2ccc(Br)cc2)o1. The average Bonchev–Trinajstić information content (AvgIpc) is 3.32. The molecule has 1 aliphatic heterocycles. The molecular weight excluding hydrogens is 504 g/mol. The van der Waals surface area contributed by atoms with Crippen molar-refractivity contribution in [1.29, 1.82) is 0 Å². The van der Waals surface area contributed by atoms with Gasteiger partial charge in [-0.2, -0.15) is 0 Å². The fourth-order valence-corrected chi connectivity index (χ4v) is 4.65. The second-order valence-electron chi connectivity index (χ2n) is 7.47. The van der Waals surface area contributed by atoms with Crippen molar-refractivity contribution in [3.63, 3.8) is 0 Å². The Morgan fingerprint density at radius 3 is 2.67 bits per heavy atom. The van der Waals surface area contributed by atoms with Crippen LogP contribution in [-0.2, 0) is 4.79 Å². The summed E-state index contributed by atoms with van der Waals surface area (Å²) in [6, 6.07) is 18.9. The Morgan fingerprint density at radius 2 is 1.94 bits per heavy atom. The summed E-state index contributed by atoms with van der Waals surface area (Å²) in [7, 11) is 0. The number of para-hydroxylation sites is 1. The quantitative estimate of drug-likeness (QED) is 0.307. The highest BCUT2D eigenvalue weighted by Gasteiger charge is 2.47. The van der Waals surface area contributed by atoms with E-state index < -0.39 is 6.17 Å². The minimum atomic E-state index is -0.736. The summed E-state index contributed by atoms with van der Waals surface area (Å²) >= 11 is 4.78. The van der Waals surface area contributed by atoms with Gasteiger partial charge >= 0.3 is 17.4 Å². The highest BCUT2D eigenvalue weighted by atomic mass is 79.9. The van der Waals surface area contributed by atoms with Crippen molar-refractivity contribution in [3.05, 3.63) is 81.3 Å². The van der Waals surface area contributed by atoms with Crippen molar-refractivity contribution >= 4 is 39.3 Å². The third-order valence-corrected chi connectivity index (χ3v) is 6.63. The van der Waals surface area contributed by atoms with Crippen LogP contribution >= 0.6 is 27.7 Å². The second-order valence-corrected chi connectivity index (χ2v) is 9.18. The summed E-state index contributed by atoms with van der Waals surface area (Å²) in [6.45, 7) is 1.82. The number of nitrogens with one attached hydrogen (secondary N) is 1. The number of fused-ring (bicyclic) bond motifs is 3. The first kappa shape index (κ1) is 21.7. The molecule has 166 valence electrons. The molecule has 0 radical (unpaired) electrons. The van der Waals surface area contributed by atoms with E-state index in [0.717, 1.165) is 10.0 Å². The molecule has 5 rings (SSSR count). The van der Waals surface area contributed by atoms with Gasteiger partial charge in [-0.1, -0.05) is 58.9 Å². The van der Waals surface area contributed by atoms with E-state index >= 15 is 0 Å². The van der Waals surface area contributed by atoms with Crippen LogP contribution in [-0.4, -0.2) is 22.2 Å². The van der Waals surface area contributed by atoms with Gasteiger partial charge in [-0.15, -0.1) is 0 Å². The van der Waals surface area contributed by atoms with Crippen LogP contribution in [0.5, 0.6) is 0 Å². The van der Waals surface area contributed by atoms with Gasteiger partial charge in [0.25, 0.3) is 0 Å². The molecule has 7 nitrogen and oxygen atoms in total. The molecule has 0 fully saturated rings. The van der Waals surface area contributed by atoms with Crippen LogP contribution in [0.15, 0.2) is 79.5 Å². The van der Waals surface area contributed by atoms with Crippen LogP contribution in [0.25, 0.3) is 22.6 Å². The van der Waals surface area contributed by atoms with Gasteiger partial charge in [0.1, 0.15) is 5.76 Å². The van der Waals surface area contributed by atoms with Crippen LogP contribution in [0.3, 0.4) is 0 Å². The molecule has 3 heterocycles. The molecule has 1 atom stereocenters. The first-order valence-corrected chi connectivity index (χ1v) is 12.4. The van der Waals surface area contributed by atoms with E-state index in [0.29, 0.717) is 40.0 Å². The highest BCUT2D eigenvalue weighted by Crippen LogP contribution is 2.38. The van der Waals surface area contributed by atoms with Crippen molar-refractivity contribution < 1.29 is 13.9 Å². The monoisotopic (exact) mass is 523 g/mol. The van der Waals surface area contributed by atoms with Gasteiger partial charge in [0.05, 0.1) is 11.3 Å². The minimum Gasteiger partial charge on any atom is -0.452 e. The maximum atomic E-state index is 13.2. The number of aromatic nitrogens is 3. The summed E-state index contributed by atoms with van der Waals surface area (Å²) in [5.41, 5.74) is 2.32. The molecule has 0 aliphatic carbocycles. The molecule has 9 heteroatoms. The first-order valence-electron chi connectivity index (χ1n) is 10.4. The lowest BCUT2D eigenvalue weighted by molar-refractivity contribution is -0.764. The lowest BCUT2D eigenvalue weighted by atomic mass is 10.0. The molecular formula is C24H20BrN4O3S+. The number of hydrogen-bond acceptors (Lipinski definition) is 5. The van der Waals surface area contributed by atoms with E-state index in [9.17, 15) is 9.59 Å². The molecule has 1 N–H and O–H groups in total. The molecule has 0 bridgehead atoms. The van der Waals surface area contributed by atoms with Crippen LogP contribution in [0.4, 0.5) is 5.69 Å². The summed E-state index contributed by atoms with van der Waals surface area (Å²) in [4.78, 5) is 30.8. The molecule has 1 aliphatic rings. The Kier molecular flexibility index (Phi) is 5.67.